The zero-order valence-electron chi connectivity index (χ0n) is 11.5. The minimum absolute atomic E-state index is 0.0587. The molecule has 9 nitrogen and oxygen atoms in total. The number of aliphatic hydroxyl groups is 2. The summed E-state index contributed by atoms with van der Waals surface area (Å²) in [5.74, 6) is -1.84. The monoisotopic (exact) mass is 311 g/mol. The van der Waals surface area contributed by atoms with E-state index < -0.39 is 29.8 Å². The van der Waals surface area contributed by atoms with Crippen LogP contribution in [0.25, 0.3) is 0 Å². The standard InChI is InChI=1S/C13H13NO8/c1-8(13(18)22-12(17)7-15)6-11(16)21-10-4-2-9(3-5-10)14(19)20/h2-6,12,15,17H,7H2,1H3/b8-6+. The number of non-ortho nitro benzene ring substituents is 1. The average molecular weight is 311 g/mol. The fraction of sp³-hybridized carbons (Fsp3) is 0.231. The van der Waals surface area contributed by atoms with Crippen molar-refractivity contribution in [2.75, 3.05) is 6.61 Å². The Kier molecular flexibility index (Phi) is 6.17. The van der Waals surface area contributed by atoms with Gasteiger partial charge in [-0.2, -0.15) is 0 Å². The van der Waals surface area contributed by atoms with Crippen molar-refractivity contribution >= 4 is 17.6 Å². The number of benzene rings is 1. The van der Waals surface area contributed by atoms with Gasteiger partial charge in [0.1, 0.15) is 12.4 Å². The van der Waals surface area contributed by atoms with Crippen molar-refractivity contribution in [2.24, 2.45) is 0 Å². The van der Waals surface area contributed by atoms with Crippen LogP contribution in [-0.2, 0) is 14.3 Å². The molecule has 118 valence electrons. The molecule has 1 aromatic carbocycles. The van der Waals surface area contributed by atoms with Crippen LogP contribution >= 0.6 is 0 Å². The first kappa shape index (κ1) is 17.3. The molecule has 0 fully saturated rings. The highest BCUT2D eigenvalue weighted by Gasteiger charge is 2.14. The van der Waals surface area contributed by atoms with E-state index in [1.165, 1.54) is 19.1 Å². The van der Waals surface area contributed by atoms with Crippen molar-refractivity contribution < 1.29 is 34.2 Å². The van der Waals surface area contributed by atoms with E-state index >= 15 is 0 Å². The first-order valence-electron chi connectivity index (χ1n) is 5.98. The molecule has 1 unspecified atom stereocenters. The topological polar surface area (TPSA) is 136 Å². The third-order valence-electron chi connectivity index (χ3n) is 2.32. The molecule has 0 aliphatic heterocycles. The molecule has 2 N–H and O–H groups in total. The van der Waals surface area contributed by atoms with Crippen LogP contribution in [0.3, 0.4) is 0 Å². The van der Waals surface area contributed by atoms with Crippen LogP contribution in [0.4, 0.5) is 5.69 Å². The maximum Gasteiger partial charge on any atom is 0.336 e. The molecule has 9 heteroatoms. The molecule has 1 atom stereocenters. The fourth-order valence-electron chi connectivity index (χ4n) is 1.27. The molecule has 22 heavy (non-hydrogen) atoms. The quantitative estimate of drug-likeness (QED) is 0.191. The van der Waals surface area contributed by atoms with Gasteiger partial charge in [0.25, 0.3) is 5.69 Å². The number of ether oxygens (including phenoxy) is 2. The van der Waals surface area contributed by atoms with Gasteiger partial charge < -0.3 is 19.7 Å². The summed E-state index contributed by atoms with van der Waals surface area (Å²) in [4.78, 5) is 32.8. The Morgan fingerprint density at radius 1 is 1.36 bits per heavy atom. The highest BCUT2D eigenvalue weighted by atomic mass is 16.6. The first-order chi connectivity index (χ1) is 10.3. The SMILES string of the molecule is C/C(=C\C(=O)Oc1ccc([N+](=O)[O-])cc1)C(=O)OC(O)CO. The third-order valence-corrected chi connectivity index (χ3v) is 2.32. The molecule has 0 heterocycles. The van der Waals surface area contributed by atoms with E-state index in [0.29, 0.717) is 0 Å². The number of hydrogen-bond donors (Lipinski definition) is 2. The second-order valence-corrected chi connectivity index (χ2v) is 4.04. The molecular weight excluding hydrogens is 298 g/mol. The van der Waals surface area contributed by atoms with Crippen LogP contribution in [0.2, 0.25) is 0 Å². The van der Waals surface area contributed by atoms with Crippen LogP contribution in [-0.4, -0.2) is 40.0 Å². The summed E-state index contributed by atoms with van der Waals surface area (Å²) in [6, 6.07) is 4.77. The highest BCUT2D eigenvalue weighted by molar-refractivity contribution is 5.96. The summed E-state index contributed by atoms with van der Waals surface area (Å²) < 4.78 is 9.21. The molecule has 1 aromatic rings. The maximum absolute atomic E-state index is 11.5. The number of esters is 2. The number of aliphatic hydroxyl groups excluding tert-OH is 2. The molecule has 0 aliphatic carbocycles. The maximum atomic E-state index is 11.5. The van der Waals surface area contributed by atoms with Crippen LogP contribution in [0.5, 0.6) is 5.75 Å². The van der Waals surface area contributed by atoms with E-state index in [1.807, 2.05) is 0 Å². The molecule has 0 saturated carbocycles. The fourth-order valence-corrected chi connectivity index (χ4v) is 1.27. The van der Waals surface area contributed by atoms with Gasteiger partial charge in [0, 0.05) is 23.8 Å². The number of nitrogens with zero attached hydrogens (tertiary/aromatic N) is 1. The molecule has 0 spiro atoms. The van der Waals surface area contributed by atoms with E-state index in [2.05, 4.69) is 4.74 Å². The minimum atomic E-state index is -1.68. The molecule has 0 radical (unpaired) electrons. The highest BCUT2D eigenvalue weighted by Crippen LogP contribution is 2.17. The Balaban J connectivity index is 2.66. The lowest BCUT2D eigenvalue weighted by Crippen LogP contribution is -2.22. The van der Waals surface area contributed by atoms with Crippen molar-refractivity contribution in [3.05, 3.63) is 46.0 Å². The lowest BCUT2D eigenvalue weighted by Gasteiger charge is -2.08. The molecule has 0 bridgehead atoms. The number of nitro groups is 1. The zero-order valence-corrected chi connectivity index (χ0v) is 11.5. The van der Waals surface area contributed by atoms with E-state index in [9.17, 15) is 19.7 Å². The first-order valence-corrected chi connectivity index (χ1v) is 5.98. The van der Waals surface area contributed by atoms with Gasteiger partial charge in [0.2, 0.25) is 6.29 Å². The zero-order chi connectivity index (χ0) is 16.7. The van der Waals surface area contributed by atoms with Crippen LogP contribution in [0, 0.1) is 10.1 Å². The summed E-state index contributed by atoms with van der Waals surface area (Å²) in [7, 11) is 0. The molecule has 0 aliphatic rings. The predicted molar refractivity (Wildman–Crippen MR) is 71.7 cm³/mol. The van der Waals surface area contributed by atoms with Gasteiger partial charge in [-0.25, -0.2) is 9.59 Å². The number of rotatable bonds is 6. The van der Waals surface area contributed by atoms with E-state index in [4.69, 9.17) is 14.9 Å². The summed E-state index contributed by atoms with van der Waals surface area (Å²) in [6.45, 7) is 0.482. The lowest BCUT2D eigenvalue weighted by molar-refractivity contribution is -0.384. The van der Waals surface area contributed by atoms with Gasteiger partial charge in [-0.3, -0.25) is 10.1 Å². The normalized spacial score (nSPS) is 12.4. The molecule has 0 amide bonds. The molecule has 1 rings (SSSR count). The van der Waals surface area contributed by atoms with Gasteiger partial charge in [-0.05, 0) is 19.1 Å². The Morgan fingerprint density at radius 3 is 2.45 bits per heavy atom. The van der Waals surface area contributed by atoms with Crippen LogP contribution in [0.15, 0.2) is 35.9 Å². The van der Waals surface area contributed by atoms with Crippen LogP contribution in [0.1, 0.15) is 6.92 Å². The number of hydrogen-bond acceptors (Lipinski definition) is 8. The van der Waals surface area contributed by atoms with E-state index in [0.717, 1.165) is 18.2 Å². The molecule has 0 aromatic heterocycles. The summed E-state index contributed by atoms with van der Waals surface area (Å²) in [5.41, 5.74) is -0.312. The van der Waals surface area contributed by atoms with E-state index in [1.54, 1.807) is 0 Å². The van der Waals surface area contributed by atoms with Crippen molar-refractivity contribution in [2.45, 2.75) is 13.2 Å². The Morgan fingerprint density at radius 2 is 1.95 bits per heavy atom. The van der Waals surface area contributed by atoms with Crippen molar-refractivity contribution in [3.63, 3.8) is 0 Å². The number of carbonyl (C=O) groups is 2. The van der Waals surface area contributed by atoms with Gasteiger partial charge >= 0.3 is 11.9 Å². The van der Waals surface area contributed by atoms with Crippen molar-refractivity contribution in [3.8, 4) is 5.75 Å². The van der Waals surface area contributed by atoms with Gasteiger partial charge in [0.15, 0.2) is 0 Å². The summed E-state index contributed by atoms with van der Waals surface area (Å²) in [5, 5.41) is 27.9. The van der Waals surface area contributed by atoms with Crippen molar-refractivity contribution in [1.29, 1.82) is 0 Å². The third kappa shape index (κ3) is 5.31. The second-order valence-electron chi connectivity index (χ2n) is 4.04. The summed E-state index contributed by atoms with van der Waals surface area (Å²) >= 11 is 0. The molecular formula is C13H13NO8. The predicted octanol–water partition coefficient (Wildman–Crippen LogP) is 0.300. The summed E-state index contributed by atoms with van der Waals surface area (Å²) in [6.07, 6.45) is -0.852. The Labute approximate surface area is 124 Å². The largest absolute Gasteiger partial charge is 0.430 e. The second kappa shape index (κ2) is 7.86. The van der Waals surface area contributed by atoms with Gasteiger partial charge in [0.05, 0.1) is 4.92 Å². The Hall–Kier alpha value is -2.78. The number of carbonyl (C=O) groups excluding carboxylic acids is 2. The Bertz CT molecular complexity index is 593. The molecule has 0 saturated heterocycles. The minimum Gasteiger partial charge on any atom is -0.430 e. The smallest absolute Gasteiger partial charge is 0.336 e. The van der Waals surface area contributed by atoms with Crippen LogP contribution < -0.4 is 4.74 Å². The lowest BCUT2D eigenvalue weighted by atomic mass is 10.3. The average Bonchev–Trinajstić information content (AvgIpc) is 2.47. The van der Waals surface area contributed by atoms with E-state index in [-0.39, 0.29) is 17.0 Å². The number of nitro benzene ring substituents is 1. The van der Waals surface area contributed by atoms with Crippen molar-refractivity contribution in [1.82, 2.24) is 0 Å². The van der Waals surface area contributed by atoms with Gasteiger partial charge in [-0.1, -0.05) is 0 Å². The van der Waals surface area contributed by atoms with Gasteiger partial charge in [-0.15, -0.1) is 0 Å².